The smallest absolute Gasteiger partial charge is 0.218 e. The fraction of sp³-hybridized carbons (Fsp3) is 0.538. The third-order valence-corrected chi connectivity index (χ3v) is 6.58. The Morgan fingerprint density at radius 3 is 2.19 bits per heavy atom. The van der Waals surface area contributed by atoms with Crippen molar-refractivity contribution in [2.45, 2.75) is 5.75 Å². The summed E-state index contributed by atoms with van der Waals surface area (Å²) < 4.78 is 26.6. The lowest BCUT2D eigenvalue weighted by molar-refractivity contribution is 0.447. The summed E-state index contributed by atoms with van der Waals surface area (Å²) >= 11 is 12.1. The van der Waals surface area contributed by atoms with Crippen LogP contribution >= 0.6 is 35.6 Å². The van der Waals surface area contributed by atoms with E-state index in [1.54, 1.807) is 22.5 Å². The second kappa shape index (κ2) is 6.60. The lowest BCUT2D eigenvalue weighted by Gasteiger charge is -2.18. The third kappa shape index (κ3) is 3.49. The first-order valence-corrected chi connectivity index (χ1v) is 8.95. The highest BCUT2D eigenvalue weighted by atomic mass is 35.5. The van der Waals surface area contributed by atoms with Crippen molar-refractivity contribution in [1.82, 2.24) is 9.62 Å². The summed E-state index contributed by atoms with van der Waals surface area (Å²) in [4.78, 5) is 0. The molecule has 21 heavy (non-hydrogen) atoms. The molecular weight excluding hydrogens is 355 g/mol. The normalized spacial score (nSPS) is 25.6. The van der Waals surface area contributed by atoms with E-state index in [-0.39, 0.29) is 18.2 Å². The minimum atomic E-state index is -3.36. The van der Waals surface area contributed by atoms with Gasteiger partial charge in [0.2, 0.25) is 10.0 Å². The molecule has 4 nitrogen and oxygen atoms in total. The largest absolute Gasteiger partial charge is 0.316 e. The van der Waals surface area contributed by atoms with Gasteiger partial charge in [-0.3, -0.25) is 0 Å². The van der Waals surface area contributed by atoms with Crippen LogP contribution in [-0.2, 0) is 15.8 Å². The first-order chi connectivity index (χ1) is 9.47. The van der Waals surface area contributed by atoms with Crippen molar-refractivity contribution in [1.29, 1.82) is 0 Å². The number of nitrogens with zero attached hydrogens (tertiary/aromatic N) is 1. The summed E-state index contributed by atoms with van der Waals surface area (Å²) in [6, 6.07) is 5.05. The highest BCUT2D eigenvalue weighted by Crippen LogP contribution is 2.32. The molecule has 0 aromatic heterocycles. The Morgan fingerprint density at radius 1 is 1.14 bits per heavy atom. The van der Waals surface area contributed by atoms with Crippen LogP contribution in [0.15, 0.2) is 18.2 Å². The maximum absolute atomic E-state index is 12.5. The van der Waals surface area contributed by atoms with E-state index in [0.29, 0.717) is 40.5 Å². The maximum Gasteiger partial charge on any atom is 0.218 e. The molecule has 2 atom stereocenters. The van der Waals surface area contributed by atoms with Crippen molar-refractivity contribution in [2.75, 3.05) is 26.2 Å². The lowest BCUT2D eigenvalue weighted by atomic mass is 10.0. The van der Waals surface area contributed by atoms with E-state index in [2.05, 4.69) is 5.32 Å². The number of hydrogen-bond donors (Lipinski definition) is 1. The Labute approximate surface area is 141 Å². The van der Waals surface area contributed by atoms with Crippen molar-refractivity contribution in [3.05, 3.63) is 33.8 Å². The highest BCUT2D eigenvalue weighted by Gasteiger charge is 2.41. The Morgan fingerprint density at radius 2 is 1.67 bits per heavy atom. The zero-order chi connectivity index (χ0) is 14.3. The van der Waals surface area contributed by atoms with Crippen LogP contribution in [0.3, 0.4) is 0 Å². The fourth-order valence-electron chi connectivity index (χ4n) is 2.98. The Hall–Kier alpha value is -0.0400. The molecule has 1 aromatic rings. The number of benzene rings is 1. The van der Waals surface area contributed by atoms with Crippen LogP contribution < -0.4 is 5.32 Å². The minimum absolute atomic E-state index is 0. The summed E-state index contributed by atoms with van der Waals surface area (Å²) in [5, 5.41) is 4.11. The molecule has 0 aliphatic carbocycles. The van der Waals surface area contributed by atoms with Gasteiger partial charge in [-0.25, -0.2) is 12.7 Å². The topological polar surface area (TPSA) is 49.4 Å². The number of fused-ring (bicyclic) bond motifs is 1. The van der Waals surface area contributed by atoms with Crippen LogP contribution in [0.25, 0.3) is 0 Å². The monoisotopic (exact) mass is 370 g/mol. The molecule has 0 unspecified atom stereocenters. The first-order valence-electron chi connectivity index (χ1n) is 6.59. The van der Waals surface area contributed by atoms with Gasteiger partial charge in [0.25, 0.3) is 0 Å². The van der Waals surface area contributed by atoms with Gasteiger partial charge in [0.05, 0.1) is 5.75 Å². The molecule has 2 fully saturated rings. The van der Waals surface area contributed by atoms with Crippen LogP contribution in [-0.4, -0.2) is 38.9 Å². The number of nitrogens with one attached hydrogen (secondary N) is 1. The van der Waals surface area contributed by atoms with E-state index in [1.807, 2.05) is 0 Å². The van der Waals surface area contributed by atoms with E-state index in [9.17, 15) is 8.42 Å². The van der Waals surface area contributed by atoms with Crippen LogP contribution in [0.4, 0.5) is 0 Å². The average Bonchev–Trinajstić information content (AvgIpc) is 2.94. The molecule has 0 spiro atoms. The fourth-order valence-corrected chi connectivity index (χ4v) is 5.37. The minimum Gasteiger partial charge on any atom is -0.316 e. The van der Waals surface area contributed by atoms with Gasteiger partial charge in [-0.1, -0.05) is 29.3 Å². The zero-order valence-electron chi connectivity index (χ0n) is 11.3. The van der Waals surface area contributed by atoms with Gasteiger partial charge in [0, 0.05) is 28.7 Å². The molecule has 0 bridgehead atoms. The second-order valence-electron chi connectivity index (χ2n) is 5.45. The molecule has 2 aliphatic heterocycles. The molecule has 1 aromatic carbocycles. The van der Waals surface area contributed by atoms with E-state index in [4.69, 9.17) is 23.2 Å². The van der Waals surface area contributed by atoms with Gasteiger partial charge in [-0.2, -0.15) is 0 Å². The van der Waals surface area contributed by atoms with Crippen LogP contribution in [0.5, 0.6) is 0 Å². The summed E-state index contributed by atoms with van der Waals surface area (Å²) in [5.41, 5.74) is 0.492. The highest BCUT2D eigenvalue weighted by molar-refractivity contribution is 7.88. The summed E-state index contributed by atoms with van der Waals surface area (Å²) in [5.74, 6) is 0.747. The molecule has 8 heteroatoms. The molecular formula is C13H17Cl3N2O2S. The van der Waals surface area contributed by atoms with Crippen molar-refractivity contribution < 1.29 is 8.42 Å². The number of sulfonamides is 1. The van der Waals surface area contributed by atoms with Gasteiger partial charge in [0.15, 0.2) is 0 Å². The summed E-state index contributed by atoms with van der Waals surface area (Å²) in [6.45, 7) is 3.01. The van der Waals surface area contributed by atoms with Crippen molar-refractivity contribution in [3.8, 4) is 0 Å². The molecule has 0 radical (unpaired) electrons. The molecule has 2 saturated heterocycles. The quantitative estimate of drug-likeness (QED) is 0.887. The summed E-state index contributed by atoms with van der Waals surface area (Å²) in [6.07, 6.45) is 0. The van der Waals surface area contributed by atoms with Crippen LogP contribution in [0.1, 0.15) is 5.56 Å². The summed E-state index contributed by atoms with van der Waals surface area (Å²) in [7, 11) is -3.36. The van der Waals surface area contributed by atoms with Crippen molar-refractivity contribution >= 4 is 45.6 Å². The number of rotatable bonds is 3. The van der Waals surface area contributed by atoms with Crippen LogP contribution in [0, 0.1) is 11.8 Å². The molecule has 2 heterocycles. The van der Waals surface area contributed by atoms with Gasteiger partial charge >= 0.3 is 0 Å². The lowest BCUT2D eigenvalue weighted by Crippen LogP contribution is -2.33. The third-order valence-electron chi connectivity index (χ3n) is 4.14. The number of halogens is 3. The molecule has 0 amide bonds. The number of hydrogen-bond acceptors (Lipinski definition) is 3. The standard InChI is InChI=1S/C13H16Cl2N2O2S.ClH/c14-12-2-1-3-13(15)11(12)8-20(18,19)17-6-9-4-16-5-10(9)7-17;/h1-3,9-10,16H,4-8H2;1H/t9-,10+;. The predicted octanol–water partition coefficient (Wildman–Crippen LogP) is 2.40. The molecule has 1 N–H and O–H groups in total. The Balaban J connectivity index is 0.00000161. The van der Waals surface area contributed by atoms with Crippen LogP contribution in [0.2, 0.25) is 10.0 Å². The van der Waals surface area contributed by atoms with E-state index in [0.717, 1.165) is 13.1 Å². The SMILES string of the molecule is Cl.O=S(=O)(Cc1c(Cl)cccc1Cl)N1C[C@H]2CNC[C@H]2C1. The van der Waals surface area contributed by atoms with Crippen molar-refractivity contribution in [2.24, 2.45) is 11.8 Å². The second-order valence-corrected chi connectivity index (χ2v) is 8.24. The maximum atomic E-state index is 12.5. The van der Waals surface area contributed by atoms with Gasteiger partial charge in [0.1, 0.15) is 0 Å². The molecule has 2 aliphatic rings. The van der Waals surface area contributed by atoms with Gasteiger partial charge < -0.3 is 5.32 Å². The van der Waals surface area contributed by atoms with E-state index >= 15 is 0 Å². The van der Waals surface area contributed by atoms with Crippen molar-refractivity contribution in [3.63, 3.8) is 0 Å². The van der Waals surface area contributed by atoms with E-state index in [1.165, 1.54) is 0 Å². The molecule has 118 valence electrons. The predicted molar refractivity (Wildman–Crippen MR) is 87.8 cm³/mol. The molecule has 0 saturated carbocycles. The van der Waals surface area contributed by atoms with E-state index < -0.39 is 10.0 Å². The van der Waals surface area contributed by atoms with Gasteiger partial charge in [-0.05, 0) is 37.1 Å². The zero-order valence-corrected chi connectivity index (χ0v) is 14.4. The Kier molecular flexibility index (Phi) is 5.45. The Bertz CT molecular complexity index is 592. The van der Waals surface area contributed by atoms with Gasteiger partial charge in [-0.15, -0.1) is 12.4 Å². The molecule has 3 rings (SSSR count). The first kappa shape index (κ1) is 17.3. The average molecular weight is 372 g/mol.